The second-order valence-corrected chi connectivity index (χ2v) is 4.73. The highest BCUT2D eigenvalue weighted by atomic mass is 15.1. The number of fused-ring (bicyclic) bond motifs is 1. The van der Waals surface area contributed by atoms with Crippen molar-refractivity contribution < 1.29 is 0 Å². The van der Waals surface area contributed by atoms with Gasteiger partial charge in [0.25, 0.3) is 0 Å². The fraction of sp³-hybridized carbons (Fsp3) is 0.333. The minimum absolute atomic E-state index is 0.394. The molecule has 1 aliphatic rings. The summed E-state index contributed by atoms with van der Waals surface area (Å²) in [5.74, 6) is 0. The number of rotatable bonds is 2. The molecule has 0 saturated heterocycles. The van der Waals surface area contributed by atoms with E-state index < -0.39 is 0 Å². The lowest BCUT2D eigenvalue weighted by Gasteiger charge is -2.17. The number of benzene rings is 1. The Balaban J connectivity index is 2.06. The fourth-order valence-electron chi connectivity index (χ4n) is 2.84. The number of aryl methyl sites for hydroxylation is 2. The van der Waals surface area contributed by atoms with E-state index in [0.29, 0.717) is 6.04 Å². The molecule has 0 fully saturated rings. The smallest absolute Gasteiger partial charge is 0.0991 e. The van der Waals surface area contributed by atoms with E-state index in [1.165, 1.54) is 16.8 Å². The van der Waals surface area contributed by atoms with Crippen LogP contribution in [0.2, 0.25) is 0 Å². The van der Waals surface area contributed by atoms with Crippen LogP contribution in [0, 0.1) is 11.3 Å². The Morgan fingerprint density at radius 1 is 1.50 bits per heavy atom. The Morgan fingerprint density at radius 3 is 3.17 bits per heavy atom. The lowest BCUT2D eigenvalue weighted by Crippen LogP contribution is -2.07. The average molecular weight is 237 g/mol. The molecule has 1 atom stereocenters. The summed E-state index contributed by atoms with van der Waals surface area (Å²) in [7, 11) is 0. The van der Waals surface area contributed by atoms with Crippen LogP contribution in [0.25, 0.3) is 0 Å². The minimum atomic E-state index is 0.394. The Kier molecular flexibility index (Phi) is 2.64. The second kappa shape index (κ2) is 4.30. The van der Waals surface area contributed by atoms with Crippen molar-refractivity contribution in [3.8, 4) is 6.07 Å². The van der Waals surface area contributed by atoms with Gasteiger partial charge in [-0.25, -0.2) is 4.98 Å². The molecule has 1 unspecified atom stereocenters. The van der Waals surface area contributed by atoms with E-state index >= 15 is 0 Å². The van der Waals surface area contributed by atoms with Gasteiger partial charge >= 0.3 is 0 Å². The summed E-state index contributed by atoms with van der Waals surface area (Å²) in [5.41, 5.74) is 4.68. The zero-order valence-electron chi connectivity index (χ0n) is 10.4. The molecule has 3 rings (SSSR count). The molecule has 0 aliphatic carbocycles. The van der Waals surface area contributed by atoms with Crippen LogP contribution in [0.15, 0.2) is 30.7 Å². The molecule has 0 spiro atoms. The predicted molar refractivity (Wildman–Crippen MR) is 69.2 cm³/mol. The third kappa shape index (κ3) is 1.62. The molecule has 0 amide bonds. The Bertz CT molecular complexity index is 619. The van der Waals surface area contributed by atoms with E-state index in [-0.39, 0.29) is 0 Å². The van der Waals surface area contributed by atoms with E-state index in [0.717, 1.165) is 24.8 Å². The maximum Gasteiger partial charge on any atom is 0.0991 e. The average Bonchev–Trinajstić information content (AvgIpc) is 3.00. The van der Waals surface area contributed by atoms with Crippen LogP contribution in [0.1, 0.15) is 41.8 Å². The maximum atomic E-state index is 8.97. The van der Waals surface area contributed by atoms with E-state index in [9.17, 15) is 0 Å². The molecule has 0 N–H and O–H groups in total. The summed E-state index contributed by atoms with van der Waals surface area (Å²) in [6.07, 6.45) is 7.07. The van der Waals surface area contributed by atoms with Crippen molar-refractivity contribution in [3.05, 3.63) is 53.1 Å². The summed E-state index contributed by atoms with van der Waals surface area (Å²) < 4.78 is 2.26. The van der Waals surface area contributed by atoms with Crippen LogP contribution in [-0.4, -0.2) is 9.55 Å². The third-order valence-corrected chi connectivity index (χ3v) is 3.77. The van der Waals surface area contributed by atoms with Crippen molar-refractivity contribution >= 4 is 0 Å². The van der Waals surface area contributed by atoms with Gasteiger partial charge < -0.3 is 4.57 Å². The van der Waals surface area contributed by atoms with Gasteiger partial charge in [0, 0.05) is 11.9 Å². The lowest BCUT2D eigenvalue weighted by atomic mass is 9.95. The van der Waals surface area contributed by atoms with Crippen molar-refractivity contribution in [2.45, 2.75) is 32.2 Å². The quantitative estimate of drug-likeness (QED) is 0.806. The summed E-state index contributed by atoms with van der Waals surface area (Å²) >= 11 is 0. The first-order valence-corrected chi connectivity index (χ1v) is 6.37. The highest BCUT2D eigenvalue weighted by Gasteiger charge is 2.24. The van der Waals surface area contributed by atoms with Gasteiger partial charge in [0.1, 0.15) is 0 Å². The number of aromatic nitrogens is 2. The Hall–Kier alpha value is -2.08. The summed E-state index contributed by atoms with van der Waals surface area (Å²) in [4.78, 5) is 4.22. The van der Waals surface area contributed by atoms with Crippen molar-refractivity contribution in [2.75, 3.05) is 0 Å². The van der Waals surface area contributed by atoms with Crippen LogP contribution >= 0.6 is 0 Å². The van der Waals surface area contributed by atoms with E-state index in [1.54, 1.807) is 0 Å². The highest BCUT2D eigenvalue weighted by molar-refractivity contribution is 5.40. The molecule has 18 heavy (non-hydrogen) atoms. The molecule has 90 valence electrons. The van der Waals surface area contributed by atoms with Gasteiger partial charge in [-0.2, -0.15) is 5.26 Å². The summed E-state index contributed by atoms with van der Waals surface area (Å²) in [5, 5.41) is 8.97. The standard InChI is InChI=1S/C15H15N3/c1-2-12-7-11(8-16)3-5-14(12)15-6-4-13-9-17-10-18(13)15/h3,5,7,9-10,15H,2,4,6H2,1H3. The zero-order chi connectivity index (χ0) is 12.5. The molecule has 1 aromatic carbocycles. The molecular formula is C15H15N3. The van der Waals surface area contributed by atoms with Crippen LogP contribution in [0.3, 0.4) is 0 Å². The van der Waals surface area contributed by atoms with Crippen molar-refractivity contribution in [1.82, 2.24) is 9.55 Å². The van der Waals surface area contributed by atoms with Gasteiger partial charge in [0.05, 0.1) is 24.0 Å². The monoisotopic (exact) mass is 237 g/mol. The van der Waals surface area contributed by atoms with Crippen LogP contribution < -0.4 is 0 Å². The van der Waals surface area contributed by atoms with E-state index in [1.807, 2.05) is 24.7 Å². The Morgan fingerprint density at radius 2 is 2.39 bits per heavy atom. The van der Waals surface area contributed by atoms with Gasteiger partial charge in [0.2, 0.25) is 0 Å². The number of imidazole rings is 1. The SMILES string of the molecule is CCc1cc(C#N)ccc1C1CCc2cncn21. The van der Waals surface area contributed by atoms with Crippen LogP contribution in [-0.2, 0) is 12.8 Å². The van der Waals surface area contributed by atoms with Gasteiger partial charge in [0.15, 0.2) is 0 Å². The first-order chi connectivity index (χ1) is 8.83. The number of nitrogens with zero attached hydrogens (tertiary/aromatic N) is 3. The fourth-order valence-corrected chi connectivity index (χ4v) is 2.84. The topological polar surface area (TPSA) is 41.6 Å². The van der Waals surface area contributed by atoms with Gasteiger partial charge in [-0.1, -0.05) is 13.0 Å². The number of hydrogen-bond donors (Lipinski definition) is 0. The van der Waals surface area contributed by atoms with Gasteiger partial charge in [-0.15, -0.1) is 0 Å². The maximum absolute atomic E-state index is 8.97. The molecule has 3 nitrogen and oxygen atoms in total. The minimum Gasteiger partial charge on any atom is -0.327 e. The molecule has 1 aromatic heterocycles. The molecule has 2 aromatic rings. The predicted octanol–water partition coefficient (Wildman–Crippen LogP) is 2.85. The third-order valence-electron chi connectivity index (χ3n) is 3.77. The molecular weight excluding hydrogens is 222 g/mol. The van der Waals surface area contributed by atoms with E-state index in [2.05, 4.69) is 28.6 Å². The van der Waals surface area contributed by atoms with Gasteiger partial charge in [-0.3, -0.25) is 0 Å². The molecule has 3 heteroatoms. The van der Waals surface area contributed by atoms with Crippen molar-refractivity contribution in [3.63, 3.8) is 0 Å². The number of hydrogen-bond acceptors (Lipinski definition) is 2. The Labute approximate surface area is 107 Å². The normalized spacial score (nSPS) is 17.4. The van der Waals surface area contributed by atoms with E-state index in [4.69, 9.17) is 5.26 Å². The second-order valence-electron chi connectivity index (χ2n) is 4.73. The molecule has 0 bridgehead atoms. The summed E-state index contributed by atoms with van der Waals surface area (Å²) in [6, 6.07) is 8.65. The highest BCUT2D eigenvalue weighted by Crippen LogP contribution is 2.33. The van der Waals surface area contributed by atoms with Crippen molar-refractivity contribution in [2.24, 2.45) is 0 Å². The number of nitriles is 1. The largest absolute Gasteiger partial charge is 0.327 e. The zero-order valence-corrected chi connectivity index (χ0v) is 10.4. The molecule has 2 heterocycles. The molecule has 0 radical (unpaired) electrons. The van der Waals surface area contributed by atoms with Crippen LogP contribution in [0.5, 0.6) is 0 Å². The first kappa shape index (κ1) is 11.0. The summed E-state index contributed by atoms with van der Waals surface area (Å²) in [6.45, 7) is 2.14. The van der Waals surface area contributed by atoms with Crippen LogP contribution in [0.4, 0.5) is 0 Å². The van der Waals surface area contributed by atoms with Crippen molar-refractivity contribution in [1.29, 1.82) is 5.26 Å². The van der Waals surface area contributed by atoms with Gasteiger partial charge in [-0.05, 0) is 42.5 Å². The first-order valence-electron chi connectivity index (χ1n) is 6.37. The molecule has 1 aliphatic heterocycles. The molecule has 0 saturated carbocycles. The lowest BCUT2D eigenvalue weighted by molar-refractivity contribution is 0.610.